The zero-order valence-electron chi connectivity index (χ0n) is 17.3. The second kappa shape index (κ2) is 7.99. The van der Waals surface area contributed by atoms with E-state index in [1.807, 2.05) is 38.1 Å². The van der Waals surface area contributed by atoms with Crippen LogP contribution in [0.4, 0.5) is 0 Å². The Morgan fingerprint density at radius 2 is 1.90 bits per heavy atom. The molecule has 7 nitrogen and oxygen atoms in total. The van der Waals surface area contributed by atoms with E-state index < -0.39 is 5.91 Å². The summed E-state index contributed by atoms with van der Waals surface area (Å²) in [6.45, 7) is 8.53. The van der Waals surface area contributed by atoms with Crippen LogP contribution < -0.4 is 0 Å². The molecule has 1 aromatic heterocycles. The summed E-state index contributed by atoms with van der Waals surface area (Å²) in [4.78, 5) is 16.7. The fourth-order valence-electron chi connectivity index (χ4n) is 4.09. The molecule has 0 saturated carbocycles. The first-order chi connectivity index (χ1) is 13.9. The van der Waals surface area contributed by atoms with Gasteiger partial charge in [-0.05, 0) is 32.4 Å². The number of carbonyl (C=O) groups is 1. The van der Waals surface area contributed by atoms with Crippen LogP contribution in [0, 0.1) is 13.8 Å². The average Bonchev–Trinajstić information content (AvgIpc) is 3.09. The van der Waals surface area contributed by atoms with Crippen LogP contribution in [0.5, 0.6) is 0 Å². The van der Waals surface area contributed by atoms with E-state index in [0.717, 1.165) is 29.8 Å². The smallest absolute Gasteiger partial charge is 0.323 e. The summed E-state index contributed by atoms with van der Waals surface area (Å²) in [5.41, 5.74) is 3.04. The minimum absolute atomic E-state index is 0.0961. The molecular formula is C22H29N2O5+. The van der Waals surface area contributed by atoms with Crippen molar-refractivity contribution in [3.8, 4) is 11.5 Å². The Bertz CT molecular complexity index is 857. The number of oxazole rings is 1. The van der Waals surface area contributed by atoms with Crippen LogP contribution in [0.3, 0.4) is 0 Å². The van der Waals surface area contributed by atoms with Gasteiger partial charge in [-0.15, -0.1) is 0 Å². The second-order valence-corrected chi connectivity index (χ2v) is 8.07. The van der Waals surface area contributed by atoms with Gasteiger partial charge >= 0.3 is 12.3 Å². The summed E-state index contributed by atoms with van der Waals surface area (Å²) >= 11 is 0. The van der Waals surface area contributed by atoms with Crippen LogP contribution in [-0.4, -0.2) is 60.8 Å². The van der Waals surface area contributed by atoms with Gasteiger partial charge in [0.25, 0.3) is 0 Å². The minimum Gasteiger partial charge on any atom is -0.441 e. The summed E-state index contributed by atoms with van der Waals surface area (Å²) in [5, 5.41) is 0. The molecule has 2 fully saturated rings. The average molecular weight is 401 g/mol. The van der Waals surface area contributed by atoms with E-state index in [2.05, 4.69) is 6.92 Å². The van der Waals surface area contributed by atoms with Crippen LogP contribution in [-0.2, 0) is 25.4 Å². The molecule has 7 heteroatoms. The number of aromatic nitrogens is 1. The number of carbonyl (C=O) groups excluding carboxylic acids is 1. The largest absolute Gasteiger partial charge is 0.441 e. The molecule has 0 bridgehead atoms. The van der Waals surface area contributed by atoms with Gasteiger partial charge in [-0.25, -0.2) is 14.3 Å². The highest BCUT2D eigenvalue weighted by molar-refractivity contribution is 5.54. The highest BCUT2D eigenvalue weighted by atomic mass is 16.7. The Hall–Kier alpha value is -2.06. The van der Waals surface area contributed by atoms with Crippen LogP contribution >= 0.6 is 0 Å². The maximum absolute atomic E-state index is 12.0. The van der Waals surface area contributed by atoms with Crippen LogP contribution in [0.2, 0.25) is 0 Å². The molecule has 4 rings (SSSR count). The molecule has 0 radical (unpaired) electrons. The van der Waals surface area contributed by atoms with Gasteiger partial charge in [-0.2, -0.15) is 0 Å². The molecule has 2 aliphatic rings. The fraction of sp³-hybridized carbons (Fsp3) is 0.545. The lowest BCUT2D eigenvalue weighted by molar-refractivity contribution is -0.964. The Morgan fingerprint density at radius 3 is 2.59 bits per heavy atom. The van der Waals surface area contributed by atoms with E-state index in [0.29, 0.717) is 45.2 Å². The highest BCUT2D eigenvalue weighted by Gasteiger charge is 2.54. The van der Waals surface area contributed by atoms with Gasteiger partial charge in [0.2, 0.25) is 5.89 Å². The Morgan fingerprint density at radius 1 is 1.17 bits per heavy atom. The minimum atomic E-state index is -1.01. The molecule has 2 unspecified atom stereocenters. The topological polar surface area (TPSA) is 70.8 Å². The number of rotatable bonds is 5. The fourth-order valence-corrected chi connectivity index (χ4v) is 4.09. The van der Waals surface area contributed by atoms with Crippen molar-refractivity contribution in [2.24, 2.45) is 0 Å². The monoisotopic (exact) mass is 401 g/mol. The number of hydrogen-bond acceptors (Lipinski definition) is 6. The number of amides is 1. The predicted molar refractivity (Wildman–Crippen MR) is 106 cm³/mol. The number of quaternary nitrogens is 1. The molecule has 2 atom stereocenters. The van der Waals surface area contributed by atoms with Crippen molar-refractivity contribution in [3.63, 3.8) is 0 Å². The van der Waals surface area contributed by atoms with Crippen molar-refractivity contribution in [2.45, 2.75) is 45.6 Å². The Balaban J connectivity index is 1.51. The maximum atomic E-state index is 12.0. The molecule has 156 valence electrons. The van der Waals surface area contributed by atoms with Gasteiger partial charge in [0.1, 0.15) is 18.8 Å². The molecule has 1 amide bonds. The summed E-state index contributed by atoms with van der Waals surface area (Å²) in [6, 6.07) is 8.13. The molecule has 2 saturated heterocycles. The van der Waals surface area contributed by atoms with Crippen molar-refractivity contribution in [1.29, 1.82) is 0 Å². The molecule has 0 N–H and O–H groups in total. The van der Waals surface area contributed by atoms with E-state index in [1.165, 1.54) is 5.56 Å². The Labute approximate surface area is 171 Å². The van der Waals surface area contributed by atoms with E-state index in [9.17, 15) is 4.79 Å². The maximum Gasteiger partial charge on any atom is 0.323 e. The molecule has 0 aliphatic carbocycles. The van der Waals surface area contributed by atoms with E-state index in [-0.39, 0.29) is 10.6 Å². The molecule has 2 aromatic rings. The third kappa shape index (κ3) is 3.88. The summed E-state index contributed by atoms with van der Waals surface area (Å²) < 4.78 is 23.8. The van der Waals surface area contributed by atoms with Gasteiger partial charge in [-0.1, -0.05) is 17.7 Å². The lowest BCUT2D eigenvalue weighted by Crippen LogP contribution is -2.70. The number of aryl methyl sites for hydroxylation is 2. The van der Waals surface area contributed by atoms with Crippen molar-refractivity contribution >= 4 is 6.41 Å². The lowest BCUT2D eigenvalue weighted by atomic mass is 10.1. The molecule has 2 aliphatic heterocycles. The Kier molecular flexibility index (Phi) is 5.57. The third-order valence-corrected chi connectivity index (χ3v) is 6.09. The molecular weight excluding hydrogens is 372 g/mol. The van der Waals surface area contributed by atoms with Gasteiger partial charge in [0.05, 0.1) is 31.6 Å². The first-order valence-corrected chi connectivity index (χ1v) is 10.2. The van der Waals surface area contributed by atoms with Crippen LogP contribution in [0.25, 0.3) is 11.5 Å². The van der Waals surface area contributed by atoms with E-state index >= 15 is 0 Å². The number of hydrogen-bond donors (Lipinski definition) is 0. The molecule has 0 spiro atoms. The number of nitrogens with zero attached hydrogens (tertiary/aromatic N) is 2. The predicted octanol–water partition coefficient (Wildman–Crippen LogP) is 2.98. The van der Waals surface area contributed by atoms with Crippen molar-refractivity contribution < 1.29 is 27.9 Å². The zero-order valence-corrected chi connectivity index (χ0v) is 17.3. The van der Waals surface area contributed by atoms with Gasteiger partial charge in [0.15, 0.2) is 0 Å². The van der Waals surface area contributed by atoms with Crippen molar-refractivity contribution in [1.82, 2.24) is 4.98 Å². The first-order valence-electron chi connectivity index (χ1n) is 10.2. The normalized spacial score (nSPS) is 26.9. The summed E-state index contributed by atoms with van der Waals surface area (Å²) in [5.74, 6) is 0.409. The van der Waals surface area contributed by atoms with Crippen molar-refractivity contribution in [2.75, 3.05) is 32.9 Å². The van der Waals surface area contributed by atoms with Crippen LogP contribution in [0.1, 0.15) is 30.4 Å². The first kappa shape index (κ1) is 20.2. The second-order valence-electron chi connectivity index (χ2n) is 8.07. The van der Waals surface area contributed by atoms with Gasteiger partial charge in [-0.3, -0.25) is 4.74 Å². The van der Waals surface area contributed by atoms with Crippen molar-refractivity contribution in [3.05, 3.63) is 41.3 Å². The standard InChI is InChI=1S/C22H29N2O5/c1-16-4-6-18(7-5-16)21-23-20(17(2)28-21)14-19-8-11-27-22(3,29-19)24(15-25)9-12-26-13-10-24/h4-7,15,19H,8-14H2,1-3H3/q+1. The molecule has 29 heavy (non-hydrogen) atoms. The lowest BCUT2D eigenvalue weighted by Gasteiger charge is -2.49. The SMILES string of the molecule is Cc1ccc(-c2nc(CC3CCOC(C)([N+]4(C=O)CCOCC4)O3)c(C)o2)cc1. The molecule has 3 heterocycles. The van der Waals surface area contributed by atoms with E-state index in [4.69, 9.17) is 23.6 Å². The van der Waals surface area contributed by atoms with E-state index in [1.54, 1.807) is 0 Å². The zero-order chi connectivity index (χ0) is 20.5. The third-order valence-electron chi connectivity index (χ3n) is 6.09. The number of ether oxygens (including phenoxy) is 3. The van der Waals surface area contributed by atoms with Gasteiger partial charge < -0.3 is 13.9 Å². The van der Waals surface area contributed by atoms with Gasteiger partial charge in [0, 0.05) is 18.9 Å². The summed E-state index contributed by atoms with van der Waals surface area (Å²) in [6.07, 6.45) is 2.22. The summed E-state index contributed by atoms with van der Waals surface area (Å²) in [7, 11) is 0. The number of morpholine rings is 1. The van der Waals surface area contributed by atoms with Crippen LogP contribution in [0.15, 0.2) is 28.7 Å². The quantitative estimate of drug-likeness (QED) is 0.567. The highest BCUT2D eigenvalue weighted by Crippen LogP contribution is 2.34. The number of benzene rings is 1. The molecule has 1 aromatic carbocycles.